The predicted octanol–water partition coefficient (Wildman–Crippen LogP) is 3.17. The Morgan fingerprint density at radius 1 is 0.935 bits per heavy atom. The van der Waals surface area contributed by atoms with Gasteiger partial charge in [-0.05, 0) is 30.3 Å². The van der Waals surface area contributed by atoms with Crippen molar-refractivity contribution in [1.82, 2.24) is 4.90 Å². The molecule has 2 fully saturated rings. The van der Waals surface area contributed by atoms with E-state index in [0.717, 1.165) is 28.5 Å². The Hall–Kier alpha value is -3.07. The van der Waals surface area contributed by atoms with Crippen molar-refractivity contribution >= 4 is 23.2 Å². The van der Waals surface area contributed by atoms with Crippen molar-refractivity contribution in [3.05, 3.63) is 54.1 Å². The van der Waals surface area contributed by atoms with Crippen molar-refractivity contribution < 1.29 is 27.5 Å². The summed E-state index contributed by atoms with van der Waals surface area (Å²) in [6, 6.07) is 11.4. The molecule has 0 N–H and O–H groups in total. The van der Waals surface area contributed by atoms with E-state index in [9.17, 15) is 22.8 Å². The van der Waals surface area contributed by atoms with Crippen LogP contribution in [0.2, 0.25) is 0 Å². The number of hydrogen-bond donors (Lipinski definition) is 0. The molecule has 2 aromatic rings. The molecular formula is C22H22F3N3O3. The van der Waals surface area contributed by atoms with Crippen LogP contribution in [0.3, 0.4) is 0 Å². The first-order chi connectivity index (χ1) is 14.8. The molecule has 2 aliphatic heterocycles. The third-order valence-electron chi connectivity index (χ3n) is 5.73. The predicted molar refractivity (Wildman–Crippen MR) is 109 cm³/mol. The van der Waals surface area contributed by atoms with Crippen LogP contribution in [0.1, 0.15) is 12.0 Å². The van der Waals surface area contributed by atoms with Crippen molar-refractivity contribution in [3.63, 3.8) is 0 Å². The van der Waals surface area contributed by atoms with Crippen LogP contribution in [0, 0.1) is 0 Å². The Morgan fingerprint density at radius 3 is 2.29 bits per heavy atom. The maximum atomic E-state index is 13.0. The highest BCUT2D eigenvalue weighted by Gasteiger charge is 2.44. The number of rotatable bonds is 4. The zero-order valence-electron chi connectivity index (χ0n) is 16.9. The van der Waals surface area contributed by atoms with Gasteiger partial charge in [-0.1, -0.05) is 12.1 Å². The van der Waals surface area contributed by atoms with E-state index < -0.39 is 29.6 Å². The van der Waals surface area contributed by atoms with E-state index in [4.69, 9.17) is 4.74 Å². The van der Waals surface area contributed by atoms with Gasteiger partial charge in [-0.15, -0.1) is 0 Å². The number of piperazine rings is 1. The number of carbonyl (C=O) groups excluding carboxylic acids is 2. The fourth-order valence-electron chi connectivity index (χ4n) is 4.09. The van der Waals surface area contributed by atoms with Gasteiger partial charge in [0.05, 0.1) is 30.8 Å². The number of amides is 2. The molecule has 2 aromatic carbocycles. The fraction of sp³-hybridized carbons (Fsp3) is 0.364. The summed E-state index contributed by atoms with van der Waals surface area (Å²) in [5.74, 6) is -0.197. The van der Waals surface area contributed by atoms with Crippen LogP contribution in [0.25, 0.3) is 0 Å². The molecule has 2 amide bonds. The summed E-state index contributed by atoms with van der Waals surface area (Å²) in [6.45, 7) is 2.46. The highest BCUT2D eigenvalue weighted by molar-refractivity contribution is 6.22. The molecule has 164 valence electrons. The molecule has 4 rings (SSSR count). The average Bonchev–Trinajstić information content (AvgIpc) is 3.07. The highest BCUT2D eigenvalue weighted by atomic mass is 19.4. The molecule has 0 aliphatic carbocycles. The minimum atomic E-state index is -4.54. The second-order valence-corrected chi connectivity index (χ2v) is 7.56. The van der Waals surface area contributed by atoms with E-state index >= 15 is 0 Å². The molecule has 0 bridgehead atoms. The van der Waals surface area contributed by atoms with Crippen LogP contribution < -0.4 is 14.5 Å². The molecule has 2 aliphatic rings. The number of nitrogens with zero attached hydrogens (tertiary/aromatic N) is 3. The maximum absolute atomic E-state index is 13.0. The molecular weight excluding hydrogens is 411 g/mol. The van der Waals surface area contributed by atoms with Crippen molar-refractivity contribution in [1.29, 1.82) is 0 Å². The largest absolute Gasteiger partial charge is 0.497 e. The molecule has 0 aromatic heterocycles. The number of halogens is 3. The van der Waals surface area contributed by atoms with E-state index in [2.05, 4.69) is 4.90 Å². The number of anilines is 2. The van der Waals surface area contributed by atoms with Crippen molar-refractivity contribution in [3.8, 4) is 5.75 Å². The number of carbonyl (C=O) groups is 2. The minimum Gasteiger partial charge on any atom is -0.497 e. The Morgan fingerprint density at radius 2 is 1.61 bits per heavy atom. The lowest BCUT2D eigenvalue weighted by Gasteiger charge is -2.38. The molecule has 0 radical (unpaired) electrons. The van der Waals surface area contributed by atoms with E-state index in [1.807, 2.05) is 29.2 Å². The molecule has 9 heteroatoms. The minimum absolute atomic E-state index is 0.0335. The number of imide groups is 1. The molecule has 1 unspecified atom stereocenters. The Balaban J connectivity index is 1.45. The van der Waals surface area contributed by atoms with Crippen LogP contribution in [0.4, 0.5) is 24.5 Å². The van der Waals surface area contributed by atoms with Gasteiger partial charge in [-0.3, -0.25) is 14.5 Å². The van der Waals surface area contributed by atoms with Gasteiger partial charge in [0, 0.05) is 37.9 Å². The monoisotopic (exact) mass is 433 g/mol. The van der Waals surface area contributed by atoms with Crippen LogP contribution >= 0.6 is 0 Å². The van der Waals surface area contributed by atoms with Crippen molar-refractivity contribution in [2.24, 2.45) is 0 Å². The molecule has 0 spiro atoms. The average molecular weight is 433 g/mol. The van der Waals surface area contributed by atoms with Crippen LogP contribution in [-0.2, 0) is 15.8 Å². The first-order valence-electron chi connectivity index (χ1n) is 9.95. The molecule has 31 heavy (non-hydrogen) atoms. The Labute approximate surface area is 177 Å². The van der Waals surface area contributed by atoms with Gasteiger partial charge < -0.3 is 9.64 Å². The third kappa shape index (κ3) is 4.23. The fourth-order valence-corrected chi connectivity index (χ4v) is 4.09. The molecule has 2 heterocycles. The van der Waals surface area contributed by atoms with Crippen molar-refractivity contribution in [2.45, 2.75) is 18.6 Å². The van der Waals surface area contributed by atoms with E-state index in [-0.39, 0.29) is 12.1 Å². The van der Waals surface area contributed by atoms with Crippen molar-refractivity contribution in [2.75, 3.05) is 43.1 Å². The molecule has 0 saturated carbocycles. The summed E-state index contributed by atoms with van der Waals surface area (Å²) in [7, 11) is 1.61. The summed E-state index contributed by atoms with van der Waals surface area (Å²) >= 11 is 0. The van der Waals surface area contributed by atoms with Crippen LogP contribution in [-0.4, -0.2) is 56.0 Å². The number of methoxy groups -OCH3 is 1. The summed E-state index contributed by atoms with van der Waals surface area (Å²) in [5, 5.41) is 0. The number of hydrogen-bond acceptors (Lipinski definition) is 5. The van der Waals surface area contributed by atoms with E-state index in [1.54, 1.807) is 7.11 Å². The zero-order valence-corrected chi connectivity index (χ0v) is 16.9. The van der Waals surface area contributed by atoms with Gasteiger partial charge in [-0.25, -0.2) is 4.90 Å². The summed E-state index contributed by atoms with van der Waals surface area (Å²) < 4.78 is 44.4. The molecule has 1 atom stereocenters. The van der Waals surface area contributed by atoms with Gasteiger partial charge in [0.15, 0.2) is 0 Å². The zero-order chi connectivity index (χ0) is 22.2. The quantitative estimate of drug-likeness (QED) is 0.694. The van der Waals surface area contributed by atoms with Crippen LogP contribution in [0.5, 0.6) is 5.75 Å². The number of alkyl halides is 3. The normalized spacial score (nSPS) is 20.5. The molecule has 2 saturated heterocycles. The second-order valence-electron chi connectivity index (χ2n) is 7.56. The maximum Gasteiger partial charge on any atom is 0.416 e. The number of ether oxygens (including phenoxy) is 1. The Bertz CT molecular complexity index is 987. The smallest absolute Gasteiger partial charge is 0.416 e. The lowest BCUT2D eigenvalue weighted by molar-refractivity contribution is -0.137. The third-order valence-corrected chi connectivity index (χ3v) is 5.73. The van der Waals surface area contributed by atoms with Gasteiger partial charge in [0.25, 0.3) is 5.91 Å². The lowest BCUT2D eigenvalue weighted by Crippen LogP contribution is -2.52. The summed E-state index contributed by atoms with van der Waals surface area (Å²) in [4.78, 5) is 30.5. The lowest BCUT2D eigenvalue weighted by atomic mass is 10.1. The SMILES string of the molecule is COc1cccc(N2CCN(C3CC(=O)N(c4cccc(C(F)(F)F)c4)C3=O)CC2)c1. The van der Waals surface area contributed by atoms with E-state index in [1.165, 1.54) is 12.1 Å². The van der Waals surface area contributed by atoms with Gasteiger partial charge in [0.1, 0.15) is 5.75 Å². The second kappa shape index (κ2) is 8.22. The first kappa shape index (κ1) is 21.2. The topological polar surface area (TPSA) is 53.1 Å². The van der Waals surface area contributed by atoms with Crippen LogP contribution in [0.15, 0.2) is 48.5 Å². The van der Waals surface area contributed by atoms with Gasteiger partial charge in [0.2, 0.25) is 5.91 Å². The Kier molecular flexibility index (Phi) is 5.62. The summed E-state index contributed by atoms with van der Waals surface area (Å²) in [5.41, 5.74) is 0.0849. The molecule has 6 nitrogen and oxygen atoms in total. The van der Waals surface area contributed by atoms with Gasteiger partial charge in [-0.2, -0.15) is 13.2 Å². The number of benzene rings is 2. The van der Waals surface area contributed by atoms with Gasteiger partial charge >= 0.3 is 6.18 Å². The van der Waals surface area contributed by atoms with E-state index in [0.29, 0.717) is 26.2 Å². The highest BCUT2D eigenvalue weighted by Crippen LogP contribution is 2.34. The first-order valence-corrected chi connectivity index (χ1v) is 9.95. The summed E-state index contributed by atoms with van der Waals surface area (Å²) in [6.07, 6.45) is -4.58. The standard InChI is InChI=1S/C22H22F3N3O3/c1-31-18-7-3-5-16(13-18)26-8-10-27(11-9-26)19-14-20(29)28(21(19)30)17-6-2-4-15(12-17)22(23,24)25/h2-7,12-13,19H,8-11,14H2,1H3.